The van der Waals surface area contributed by atoms with E-state index in [1.165, 1.54) is 16.0 Å². The zero-order valence-electron chi connectivity index (χ0n) is 16.9. The molecule has 3 atom stereocenters. The molecular weight excluding hydrogens is 366 g/mol. The highest BCUT2D eigenvalue weighted by molar-refractivity contribution is 7.10. The molecule has 3 N–H and O–H groups in total. The number of rotatable bonds is 9. The molecule has 1 saturated carbocycles. The minimum Gasteiger partial charge on any atom is -0.333 e. The van der Waals surface area contributed by atoms with E-state index in [4.69, 9.17) is 0 Å². The normalized spacial score (nSPS) is 17.9. The van der Waals surface area contributed by atoms with E-state index < -0.39 is 5.54 Å². The van der Waals surface area contributed by atoms with Gasteiger partial charge < -0.3 is 10.6 Å². The average molecular weight is 397 g/mol. The minimum absolute atomic E-state index is 0.0752. The van der Waals surface area contributed by atoms with Gasteiger partial charge in [0, 0.05) is 5.56 Å². The van der Waals surface area contributed by atoms with Crippen molar-refractivity contribution in [1.82, 2.24) is 5.32 Å². The van der Waals surface area contributed by atoms with Crippen molar-refractivity contribution >= 4 is 17.2 Å². The van der Waals surface area contributed by atoms with Crippen molar-refractivity contribution in [3.8, 4) is 6.07 Å². The molecule has 5 heteroatoms. The van der Waals surface area contributed by atoms with E-state index in [1.54, 1.807) is 11.3 Å². The zero-order valence-corrected chi connectivity index (χ0v) is 17.8. The van der Waals surface area contributed by atoms with Gasteiger partial charge >= 0.3 is 0 Å². The number of carbonyl (C=O) groups is 1. The third-order valence-corrected chi connectivity index (χ3v) is 6.85. The highest BCUT2D eigenvalue weighted by Gasteiger charge is 2.43. The summed E-state index contributed by atoms with van der Waals surface area (Å²) in [5.74, 6) is 0.770. The summed E-state index contributed by atoms with van der Waals surface area (Å²) in [7, 11) is 0. The topological polar surface area (TPSA) is 69.5 Å². The molecule has 1 aliphatic rings. The number of nitrogens with one attached hydrogen (secondary N) is 1. The van der Waals surface area contributed by atoms with E-state index in [0.29, 0.717) is 18.4 Å². The minimum atomic E-state index is -0.735. The van der Waals surface area contributed by atoms with Crippen LogP contribution in [0, 0.1) is 17.2 Å². The van der Waals surface area contributed by atoms with Gasteiger partial charge in [0.25, 0.3) is 5.91 Å². The van der Waals surface area contributed by atoms with Gasteiger partial charge in [-0.25, -0.2) is 0 Å². The molecule has 1 aliphatic carbocycles. The molecule has 3 rings (SSSR count). The van der Waals surface area contributed by atoms with Crippen LogP contribution in [-0.2, 0) is 4.79 Å². The van der Waals surface area contributed by atoms with E-state index in [0.717, 1.165) is 19.3 Å². The molecule has 1 aromatic carbocycles. The summed E-state index contributed by atoms with van der Waals surface area (Å²) in [5.41, 5.74) is 1.82. The molecule has 0 spiro atoms. The summed E-state index contributed by atoms with van der Waals surface area (Å²) in [6, 6.07) is 15.3. The van der Waals surface area contributed by atoms with Crippen LogP contribution in [0.25, 0.3) is 0 Å². The van der Waals surface area contributed by atoms with Gasteiger partial charge in [0.2, 0.25) is 0 Å². The summed E-state index contributed by atoms with van der Waals surface area (Å²) in [4.78, 5) is 13.8. The lowest BCUT2D eigenvalue weighted by Gasteiger charge is -2.23. The maximum atomic E-state index is 12.5. The van der Waals surface area contributed by atoms with Crippen molar-refractivity contribution < 1.29 is 10.1 Å². The van der Waals surface area contributed by atoms with Gasteiger partial charge in [-0.2, -0.15) is 5.26 Å². The molecule has 1 amide bonds. The Morgan fingerprint density at radius 1 is 1.32 bits per heavy atom. The van der Waals surface area contributed by atoms with Gasteiger partial charge in [-0.15, -0.1) is 11.3 Å². The molecule has 1 heterocycles. The van der Waals surface area contributed by atoms with Crippen molar-refractivity contribution in [2.75, 3.05) is 6.54 Å². The number of nitrogens with zero attached hydrogens (tertiary/aromatic N) is 1. The molecule has 0 saturated heterocycles. The van der Waals surface area contributed by atoms with Gasteiger partial charge in [0.05, 0.1) is 10.9 Å². The fourth-order valence-electron chi connectivity index (χ4n) is 3.60. The first-order chi connectivity index (χ1) is 13.5. The Bertz CT molecular complexity index is 821. The monoisotopic (exact) mass is 396 g/mol. The Morgan fingerprint density at radius 2 is 2.00 bits per heavy atom. The summed E-state index contributed by atoms with van der Waals surface area (Å²) in [5, 5.41) is 16.6. The third kappa shape index (κ3) is 4.81. The Hall–Kier alpha value is -2.16. The Kier molecular flexibility index (Phi) is 6.53. The third-order valence-electron chi connectivity index (χ3n) is 5.89. The quantitative estimate of drug-likeness (QED) is 0.678. The summed E-state index contributed by atoms with van der Waals surface area (Å²) < 4.78 is 0. The number of nitriles is 1. The van der Waals surface area contributed by atoms with Crippen LogP contribution in [0.15, 0.2) is 41.8 Å². The van der Waals surface area contributed by atoms with Crippen LogP contribution < -0.4 is 10.6 Å². The zero-order chi connectivity index (χ0) is 20.1. The van der Waals surface area contributed by atoms with E-state index >= 15 is 0 Å². The summed E-state index contributed by atoms with van der Waals surface area (Å²) in [6.45, 7) is 6.59. The van der Waals surface area contributed by atoms with E-state index in [-0.39, 0.29) is 11.9 Å². The first kappa shape index (κ1) is 20.6. The number of quaternary nitrogens is 1. The number of benzene rings is 1. The molecule has 148 valence electrons. The Morgan fingerprint density at radius 3 is 2.54 bits per heavy atom. The number of hydrogen-bond donors (Lipinski definition) is 2. The molecule has 2 aromatic rings. The lowest BCUT2D eigenvalue weighted by Crippen LogP contribution is -2.88. The molecule has 0 aliphatic heterocycles. The Labute approximate surface area is 172 Å². The fourth-order valence-corrected chi connectivity index (χ4v) is 4.45. The molecule has 0 radical (unpaired) electrons. The number of amides is 1. The first-order valence-corrected chi connectivity index (χ1v) is 11.0. The van der Waals surface area contributed by atoms with Crippen LogP contribution in [0.4, 0.5) is 0 Å². The lowest BCUT2D eigenvalue weighted by atomic mass is 9.95. The number of hydrogen-bond acceptors (Lipinski definition) is 3. The SMILES string of the molecule is CC[C@H](C)c1ccc([C@H]([NH2+]CC(=O)N[C@@](C)(C#N)C2CC2)c2cccs2)cc1. The molecule has 4 nitrogen and oxygen atoms in total. The first-order valence-electron chi connectivity index (χ1n) is 10.2. The van der Waals surface area contributed by atoms with Gasteiger partial charge in [-0.3, -0.25) is 4.79 Å². The van der Waals surface area contributed by atoms with Gasteiger partial charge in [0.1, 0.15) is 11.6 Å². The largest absolute Gasteiger partial charge is 0.333 e. The predicted molar refractivity (Wildman–Crippen MR) is 113 cm³/mol. The molecule has 0 bridgehead atoms. The predicted octanol–water partition coefficient (Wildman–Crippen LogP) is 3.72. The highest BCUT2D eigenvalue weighted by Crippen LogP contribution is 2.39. The molecule has 0 unspecified atom stereocenters. The van der Waals surface area contributed by atoms with Gasteiger partial charge in [0.15, 0.2) is 6.54 Å². The maximum Gasteiger partial charge on any atom is 0.276 e. The van der Waals surface area contributed by atoms with Crippen LogP contribution in [0.2, 0.25) is 0 Å². The van der Waals surface area contributed by atoms with Crippen molar-refractivity contribution in [3.63, 3.8) is 0 Å². The number of thiophene rings is 1. The Balaban J connectivity index is 1.69. The molecule has 1 aromatic heterocycles. The van der Waals surface area contributed by atoms with E-state index in [1.807, 2.05) is 13.0 Å². The van der Waals surface area contributed by atoms with Crippen LogP contribution >= 0.6 is 11.3 Å². The second-order valence-electron chi connectivity index (χ2n) is 8.05. The van der Waals surface area contributed by atoms with Crippen LogP contribution in [0.3, 0.4) is 0 Å². The smallest absolute Gasteiger partial charge is 0.276 e. The number of nitrogens with two attached hydrogens (primary N) is 1. The van der Waals surface area contributed by atoms with Crippen molar-refractivity contribution in [2.24, 2.45) is 5.92 Å². The maximum absolute atomic E-state index is 12.5. The second-order valence-corrected chi connectivity index (χ2v) is 9.02. The summed E-state index contributed by atoms with van der Waals surface area (Å²) >= 11 is 1.71. The van der Waals surface area contributed by atoms with Gasteiger partial charge in [-0.1, -0.05) is 44.2 Å². The summed E-state index contributed by atoms with van der Waals surface area (Å²) in [6.07, 6.45) is 3.17. The van der Waals surface area contributed by atoms with Crippen molar-refractivity contribution in [3.05, 3.63) is 57.8 Å². The molecule has 28 heavy (non-hydrogen) atoms. The average Bonchev–Trinajstić information content (AvgIpc) is 3.45. The van der Waals surface area contributed by atoms with Crippen LogP contribution in [0.1, 0.15) is 68.0 Å². The molecular formula is C23H30N3OS+. The standard InChI is InChI=1S/C23H29N3OS/c1-4-16(2)17-7-9-18(10-8-17)22(20-6-5-13-28-20)25-14-21(27)26-23(3,15-24)19-11-12-19/h5-10,13,16,19,22,25H,4,11-12,14H2,1-3H3,(H,26,27)/p+1/t16-,22-,23-/m0/s1. The van der Waals surface area contributed by atoms with Crippen LogP contribution in [0.5, 0.6) is 0 Å². The van der Waals surface area contributed by atoms with Crippen molar-refractivity contribution in [1.29, 1.82) is 5.26 Å². The fraction of sp³-hybridized carbons (Fsp3) is 0.478. The lowest BCUT2D eigenvalue weighted by molar-refractivity contribution is -0.676. The second kappa shape index (κ2) is 8.89. The van der Waals surface area contributed by atoms with Gasteiger partial charge in [-0.05, 0) is 55.0 Å². The van der Waals surface area contributed by atoms with Crippen LogP contribution in [-0.4, -0.2) is 18.0 Å². The molecule has 1 fully saturated rings. The van der Waals surface area contributed by atoms with E-state index in [2.05, 4.69) is 66.3 Å². The van der Waals surface area contributed by atoms with E-state index in [9.17, 15) is 10.1 Å². The number of carbonyl (C=O) groups excluding carboxylic acids is 1. The highest BCUT2D eigenvalue weighted by atomic mass is 32.1. The van der Waals surface area contributed by atoms with Crippen molar-refractivity contribution in [2.45, 2.75) is 57.5 Å².